The zero-order chi connectivity index (χ0) is 12.7. The topological polar surface area (TPSA) is 81.1 Å². The maximum atomic E-state index is 11.4. The molecule has 94 valence electrons. The van der Waals surface area contributed by atoms with Crippen molar-refractivity contribution < 1.29 is 4.79 Å². The summed E-state index contributed by atoms with van der Waals surface area (Å²) in [6.45, 7) is 2.34. The smallest absolute Gasteiger partial charge is 0.236 e. The lowest BCUT2D eigenvalue weighted by molar-refractivity contribution is -0.122. The van der Waals surface area contributed by atoms with E-state index < -0.39 is 6.04 Å². The zero-order valence-corrected chi connectivity index (χ0v) is 10.2. The van der Waals surface area contributed by atoms with Crippen molar-refractivity contribution in [1.29, 1.82) is 0 Å². The summed E-state index contributed by atoms with van der Waals surface area (Å²) in [6, 6.07) is 9.47. The molecule has 0 aromatic heterocycles. The van der Waals surface area contributed by atoms with E-state index in [9.17, 15) is 4.79 Å². The van der Waals surface area contributed by atoms with Gasteiger partial charge in [-0.15, -0.1) is 0 Å². The molecule has 0 fully saturated rings. The fourth-order valence-electron chi connectivity index (χ4n) is 1.54. The Labute approximate surface area is 102 Å². The van der Waals surface area contributed by atoms with Crippen LogP contribution in [0.2, 0.25) is 0 Å². The molecule has 1 aromatic carbocycles. The van der Waals surface area contributed by atoms with Gasteiger partial charge in [-0.05, 0) is 18.4 Å². The Hall–Kier alpha value is -1.39. The van der Waals surface area contributed by atoms with Crippen LogP contribution in [0, 0.1) is 0 Å². The summed E-state index contributed by atoms with van der Waals surface area (Å²) in [4.78, 5) is 11.4. The van der Waals surface area contributed by atoms with E-state index in [0.29, 0.717) is 13.0 Å². The molecule has 0 bridgehead atoms. The van der Waals surface area contributed by atoms with Crippen molar-refractivity contribution in [1.82, 2.24) is 5.32 Å². The Morgan fingerprint density at radius 3 is 2.53 bits per heavy atom. The Kier molecular flexibility index (Phi) is 5.66. The molecule has 2 atom stereocenters. The molecule has 0 aliphatic rings. The largest absolute Gasteiger partial charge is 0.353 e. The van der Waals surface area contributed by atoms with E-state index in [2.05, 4.69) is 5.32 Å². The maximum absolute atomic E-state index is 11.4. The van der Waals surface area contributed by atoms with Crippen molar-refractivity contribution in [2.45, 2.75) is 31.8 Å². The van der Waals surface area contributed by atoms with Crippen LogP contribution in [0.3, 0.4) is 0 Å². The van der Waals surface area contributed by atoms with Crippen molar-refractivity contribution in [2.24, 2.45) is 11.5 Å². The molecule has 0 saturated heterocycles. The van der Waals surface area contributed by atoms with E-state index in [-0.39, 0.29) is 11.9 Å². The van der Waals surface area contributed by atoms with E-state index in [1.54, 1.807) is 0 Å². The number of carbonyl (C=O) groups excluding carboxylic acids is 1. The number of nitrogens with two attached hydrogens (primary N) is 2. The number of hydrogen-bond donors (Lipinski definition) is 3. The minimum absolute atomic E-state index is 0.0783. The molecule has 17 heavy (non-hydrogen) atoms. The molecule has 5 N–H and O–H groups in total. The van der Waals surface area contributed by atoms with Gasteiger partial charge in [0.15, 0.2) is 0 Å². The highest BCUT2D eigenvalue weighted by atomic mass is 16.2. The zero-order valence-electron chi connectivity index (χ0n) is 10.2. The van der Waals surface area contributed by atoms with Gasteiger partial charge in [0.25, 0.3) is 0 Å². The Balaban J connectivity index is 2.31. The summed E-state index contributed by atoms with van der Waals surface area (Å²) in [5, 5.41) is 2.76. The lowest BCUT2D eigenvalue weighted by Gasteiger charge is -2.15. The van der Waals surface area contributed by atoms with E-state index in [4.69, 9.17) is 11.5 Å². The fourth-order valence-corrected chi connectivity index (χ4v) is 1.54. The van der Waals surface area contributed by atoms with Crippen molar-refractivity contribution in [2.75, 3.05) is 6.54 Å². The van der Waals surface area contributed by atoms with Crippen LogP contribution >= 0.6 is 0 Å². The molecule has 4 heteroatoms. The average molecular weight is 235 g/mol. The van der Waals surface area contributed by atoms with Gasteiger partial charge in [-0.25, -0.2) is 0 Å². The van der Waals surface area contributed by atoms with Gasteiger partial charge in [0.2, 0.25) is 5.91 Å². The number of hydrogen-bond acceptors (Lipinski definition) is 3. The monoisotopic (exact) mass is 235 g/mol. The van der Waals surface area contributed by atoms with E-state index >= 15 is 0 Å². The molecule has 0 unspecified atom stereocenters. The lowest BCUT2D eigenvalue weighted by atomic mass is 10.1. The molecule has 1 rings (SSSR count). The number of nitrogens with one attached hydrogen (secondary N) is 1. The van der Waals surface area contributed by atoms with Crippen LogP contribution in [0.25, 0.3) is 0 Å². The molecule has 0 spiro atoms. The van der Waals surface area contributed by atoms with E-state index in [1.165, 1.54) is 5.56 Å². The van der Waals surface area contributed by atoms with Crippen LogP contribution in [0.1, 0.15) is 18.9 Å². The lowest BCUT2D eigenvalue weighted by Crippen LogP contribution is -2.45. The summed E-state index contributed by atoms with van der Waals surface area (Å²) >= 11 is 0. The molecule has 0 saturated carbocycles. The molecular formula is C13H21N3O. The van der Waals surface area contributed by atoms with E-state index in [1.807, 2.05) is 37.3 Å². The highest BCUT2D eigenvalue weighted by molar-refractivity contribution is 5.81. The second-order valence-electron chi connectivity index (χ2n) is 4.21. The Bertz CT molecular complexity index is 340. The molecule has 1 aromatic rings. The van der Waals surface area contributed by atoms with Crippen LogP contribution in [-0.2, 0) is 11.2 Å². The van der Waals surface area contributed by atoms with Gasteiger partial charge in [-0.1, -0.05) is 37.3 Å². The molecule has 4 nitrogen and oxygen atoms in total. The summed E-state index contributed by atoms with van der Waals surface area (Å²) < 4.78 is 0. The van der Waals surface area contributed by atoms with Crippen molar-refractivity contribution >= 4 is 5.91 Å². The van der Waals surface area contributed by atoms with Crippen molar-refractivity contribution in [3.05, 3.63) is 35.9 Å². The van der Waals surface area contributed by atoms with Crippen LogP contribution < -0.4 is 16.8 Å². The summed E-state index contributed by atoms with van der Waals surface area (Å²) in [5.74, 6) is -0.129. The average Bonchev–Trinajstić information content (AvgIpc) is 2.36. The summed E-state index contributed by atoms with van der Waals surface area (Å²) in [6.07, 6.45) is 1.39. The molecule has 0 aliphatic carbocycles. The standard InChI is InChI=1S/C13H21N3O/c1-2-12(15)13(17)16-9-11(14)8-10-6-4-3-5-7-10/h3-7,11-12H,2,8-9,14-15H2,1H3,(H,16,17)/t11-,12+/m1/s1. The molecular weight excluding hydrogens is 214 g/mol. The van der Waals surface area contributed by atoms with Crippen LogP contribution in [-0.4, -0.2) is 24.5 Å². The van der Waals surface area contributed by atoms with Crippen molar-refractivity contribution in [3.8, 4) is 0 Å². The van der Waals surface area contributed by atoms with Gasteiger partial charge >= 0.3 is 0 Å². The van der Waals surface area contributed by atoms with Crippen LogP contribution in [0.4, 0.5) is 0 Å². The van der Waals surface area contributed by atoms with Crippen LogP contribution in [0.5, 0.6) is 0 Å². The van der Waals surface area contributed by atoms with E-state index in [0.717, 1.165) is 6.42 Å². The third-order valence-corrected chi connectivity index (χ3v) is 2.66. The molecule has 0 aliphatic heterocycles. The van der Waals surface area contributed by atoms with Crippen molar-refractivity contribution in [3.63, 3.8) is 0 Å². The number of rotatable bonds is 6. The van der Waals surface area contributed by atoms with Gasteiger partial charge in [-0.3, -0.25) is 4.79 Å². The molecule has 1 amide bonds. The first-order valence-corrected chi connectivity index (χ1v) is 5.96. The third-order valence-electron chi connectivity index (χ3n) is 2.66. The number of carbonyl (C=O) groups is 1. The van der Waals surface area contributed by atoms with Gasteiger partial charge in [-0.2, -0.15) is 0 Å². The highest BCUT2D eigenvalue weighted by Crippen LogP contribution is 2.01. The third kappa shape index (κ3) is 4.97. The van der Waals surface area contributed by atoms with Gasteiger partial charge in [0, 0.05) is 12.6 Å². The molecule has 0 heterocycles. The Morgan fingerprint density at radius 1 is 1.29 bits per heavy atom. The predicted octanol–water partition coefficient (Wildman–Crippen LogP) is 0.410. The number of amides is 1. The predicted molar refractivity (Wildman–Crippen MR) is 69.4 cm³/mol. The first kappa shape index (κ1) is 13.7. The van der Waals surface area contributed by atoms with Crippen LogP contribution in [0.15, 0.2) is 30.3 Å². The van der Waals surface area contributed by atoms with Gasteiger partial charge < -0.3 is 16.8 Å². The minimum atomic E-state index is -0.432. The quantitative estimate of drug-likeness (QED) is 0.668. The minimum Gasteiger partial charge on any atom is -0.353 e. The number of benzene rings is 1. The SMILES string of the molecule is CC[C@H](N)C(=O)NC[C@H](N)Cc1ccccc1. The summed E-state index contributed by atoms with van der Waals surface area (Å²) in [5.41, 5.74) is 12.7. The second-order valence-corrected chi connectivity index (χ2v) is 4.21. The normalized spacial score (nSPS) is 14.1. The first-order chi connectivity index (χ1) is 8.13. The second kappa shape index (κ2) is 7.04. The highest BCUT2D eigenvalue weighted by Gasteiger charge is 2.12. The Morgan fingerprint density at radius 2 is 1.94 bits per heavy atom. The maximum Gasteiger partial charge on any atom is 0.236 e. The van der Waals surface area contributed by atoms with Gasteiger partial charge in [0.1, 0.15) is 0 Å². The summed E-state index contributed by atoms with van der Waals surface area (Å²) in [7, 11) is 0. The molecule has 0 radical (unpaired) electrons. The fraction of sp³-hybridized carbons (Fsp3) is 0.462. The van der Waals surface area contributed by atoms with Gasteiger partial charge in [0.05, 0.1) is 6.04 Å². The first-order valence-electron chi connectivity index (χ1n) is 5.96.